The van der Waals surface area contributed by atoms with E-state index in [2.05, 4.69) is 0 Å². The molecule has 0 amide bonds. The Bertz CT molecular complexity index is 816. The zero-order valence-electron chi connectivity index (χ0n) is 12.1. The quantitative estimate of drug-likeness (QED) is 0.358. The number of ketones is 1. The highest BCUT2D eigenvalue weighted by Gasteiger charge is 2.34. The van der Waals surface area contributed by atoms with E-state index in [0.717, 1.165) is 12.1 Å². The average Bonchev–Trinajstić information content (AvgIpc) is 2.54. The lowest BCUT2D eigenvalue weighted by atomic mass is 9.94. The van der Waals surface area contributed by atoms with Crippen LogP contribution in [0.5, 0.6) is 0 Å². The van der Waals surface area contributed by atoms with E-state index < -0.39 is 39.8 Å². The maximum absolute atomic E-state index is 12.3. The molecule has 0 fully saturated rings. The van der Waals surface area contributed by atoms with Crippen molar-refractivity contribution in [1.82, 2.24) is 0 Å². The third-order valence-corrected chi connectivity index (χ3v) is 3.33. The summed E-state index contributed by atoms with van der Waals surface area (Å²) in [4.78, 5) is 44.8. The first-order chi connectivity index (χ1) is 11.3. The number of carbonyl (C=O) groups is 3. The fourth-order valence-corrected chi connectivity index (χ4v) is 2.22. The number of hydrogen-bond acceptors (Lipinski definition) is 5. The van der Waals surface area contributed by atoms with Gasteiger partial charge < -0.3 is 10.2 Å². The first kappa shape index (κ1) is 16.8. The maximum atomic E-state index is 12.3. The summed E-state index contributed by atoms with van der Waals surface area (Å²) in [7, 11) is 0. The van der Waals surface area contributed by atoms with Gasteiger partial charge in [0.15, 0.2) is 11.7 Å². The molecule has 0 unspecified atom stereocenters. The Labute approximate surface area is 135 Å². The van der Waals surface area contributed by atoms with E-state index in [1.807, 2.05) is 0 Å². The van der Waals surface area contributed by atoms with Gasteiger partial charge in [-0.2, -0.15) is 0 Å². The monoisotopic (exact) mass is 329 g/mol. The lowest BCUT2D eigenvalue weighted by molar-refractivity contribution is -0.385. The minimum absolute atomic E-state index is 0.0359. The molecule has 0 radical (unpaired) electrons. The fraction of sp³-hybridized carbons (Fsp3) is 0.0625. The molecular weight excluding hydrogens is 318 g/mol. The molecule has 0 aromatic heterocycles. The highest BCUT2D eigenvalue weighted by molar-refractivity contribution is 6.09. The van der Waals surface area contributed by atoms with Crippen LogP contribution in [0, 0.1) is 10.1 Å². The molecule has 0 bridgehead atoms. The largest absolute Gasteiger partial charge is 0.480 e. The van der Waals surface area contributed by atoms with Crippen molar-refractivity contribution < 1.29 is 29.5 Å². The summed E-state index contributed by atoms with van der Waals surface area (Å²) in [5.74, 6) is -6.04. The van der Waals surface area contributed by atoms with E-state index in [1.165, 1.54) is 18.2 Å². The number of nitro benzene ring substituents is 1. The molecule has 0 heterocycles. The van der Waals surface area contributed by atoms with Gasteiger partial charge >= 0.3 is 11.9 Å². The summed E-state index contributed by atoms with van der Waals surface area (Å²) in [6.07, 6.45) is 0. The van der Waals surface area contributed by atoms with Crippen LogP contribution in [-0.2, 0) is 9.59 Å². The molecule has 24 heavy (non-hydrogen) atoms. The summed E-state index contributed by atoms with van der Waals surface area (Å²) < 4.78 is 0. The van der Waals surface area contributed by atoms with Gasteiger partial charge in [-0.1, -0.05) is 36.4 Å². The van der Waals surface area contributed by atoms with Gasteiger partial charge in [0.1, 0.15) is 0 Å². The van der Waals surface area contributed by atoms with E-state index in [-0.39, 0.29) is 5.56 Å². The van der Waals surface area contributed by atoms with Gasteiger partial charge in [0.25, 0.3) is 5.69 Å². The van der Waals surface area contributed by atoms with Gasteiger partial charge in [0.2, 0.25) is 0 Å². The van der Waals surface area contributed by atoms with Crippen LogP contribution < -0.4 is 0 Å². The zero-order valence-corrected chi connectivity index (χ0v) is 12.1. The van der Waals surface area contributed by atoms with Gasteiger partial charge in [-0.3, -0.25) is 24.5 Å². The molecule has 2 aromatic rings. The van der Waals surface area contributed by atoms with Crippen LogP contribution in [0.2, 0.25) is 0 Å². The van der Waals surface area contributed by atoms with Gasteiger partial charge in [0, 0.05) is 17.2 Å². The molecule has 0 atom stereocenters. The zero-order chi connectivity index (χ0) is 17.9. The molecule has 2 N–H and O–H groups in total. The van der Waals surface area contributed by atoms with Crippen LogP contribution in [0.25, 0.3) is 0 Å². The Kier molecular flexibility index (Phi) is 4.69. The molecular formula is C16H11NO7. The van der Waals surface area contributed by atoms with Crippen LogP contribution in [-0.4, -0.2) is 32.9 Å². The number of rotatable bonds is 6. The molecule has 8 heteroatoms. The van der Waals surface area contributed by atoms with Crippen LogP contribution in [0.3, 0.4) is 0 Å². The van der Waals surface area contributed by atoms with E-state index in [4.69, 9.17) is 10.2 Å². The van der Waals surface area contributed by atoms with Crippen LogP contribution in [0.15, 0.2) is 48.5 Å². The van der Waals surface area contributed by atoms with Crippen molar-refractivity contribution in [2.75, 3.05) is 0 Å². The normalized spacial score (nSPS) is 10.4. The summed E-state index contributed by atoms with van der Waals surface area (Å²) in [6, 6.07) is 11.1. The predicted molar refractivity (Wildman–Crippen MR) is 81.0 cm³/mol. The highest BCUT2D eigenvalue weighted by atomic mass is 16.6. The second kappa shape index (κ2) is 6.69. The molecule has 0 saturated carbocycles. The van der Waals surface area contributed by atoms with Crippen molar-refractivity contribution in [2.24, 2.45) is 0 Å². The van der Waals surface area contributed by atoms with Gasteiger partial charge in [-0.05, 0) is 6.07 Å². The number of hydrogen-bond donors (Lipinski definition) is 2. The minimum atomic E-state index is -2.09. The summed E-state index contributed by atoms with van der Waals surface area (Å²) in [6.45, 7) is 0. The number of nitro groups is 1. The first-order valence-electron chi connectivity index (χ1n) is 6.66. The van der Waals surface area contributed by atoms with Crippen molar-refractivity contribution in [3.8, 4) is 0 Å². The van der Waals surface area contributed by atoms with E-state index in [9.17, 15) is 24.5 Å². The minimum Gasteiger partial charge on any atom is -0.480 e. The number of benzene rings is 2. The lowest BCUT2D eigenvalue weighted by Crippen LogP contribution is -2.22. The third kappa shape index (κ3) is 3.27. The topological polar surface area (TPSA) is 135 Å². The van der Waals surface area contributed by atoms with E-state index >= 15 is 0 Å². The van der Waals surface area contributed by atoms with Gasteiger partial charge in [0.05, 0.1) is 10.5 Å². The second-order valence-electron chi connectivity index (χ2n) is 4.84. The van der Waals surface area contributed by atoms with Crippen LogP contribution in [0.4, 0.5) is 5.69 Å². The predicted octanol–water partition coefficient (Wildman–Crippen LogP) is 2.08. The third-order valence-electron chi connectivity index (χ3n) is 3.33. The Morgan fingerprint density at radius 2 is 1.50 bits per heavy atom. The number of aliphatic carboxylic acids is 2. The van der Waals surface area contributed by atoms with Crippen molar-refractivity contribution in [3.63, 3.8) is 0 Å². The Morgan fingerprint density at radius 1 is 0.917 bits per heavy atom. The SMILES string of the molecule is O=C(c1ccccc1)c1ccc(C(C(=O)O)C(=O)O)c([N+](=O)[O-])c1. The van der Waals surface area contributed by atoms with E-state index in [0.29, 0.717) is 5.56 Å². The Morgan fingerprint density at radius 3 is 2.00 bits per heavy atom. The van der Waals surface area contributed by atoms with Crippen LogP contribution >= 0.6 is 0 Å². The lowest BCUT2D eigenvalue weighted by Gasteiger charge is -2.10. The van der Waals surface area contributed by atoms with E-state index in [1.54, 1.807) is 18.2 Å². The van der Waals surface area contributed by atoms with Crippen molar-refractivity contribution >= 4 is 23.4 Å². The maximum Gasteiger partial charge on any atom is 0.322 e. The Hall–Kier alpha value is -3.55. The number of carboxylic acids is 2. The molecule has 2 aromatic carbocycles. The highest BCUT2D eigenvalue weighted by Crippen LogP contribution is 2.29. The van der Waals surface area contributed by atoms with Crippen molar-refractivity contribution in [2.45, 2.75) is 5.92 Å². The summed E-state index contributed by atoms with van der Waals surface area (Å²) >= 11 is 0. The second-order valence-corrected chi connectivity index (χ2v) is 4.84. The van der Waals surface area contributed by atoms with Gasteiger partial charge in [-0.25, -0.2) is 0 Å². The molecule has 2 rings (SSSR count). The molecule has 0 aliphatic heterocycles. The molecule has 0 aliphatic rings. The standard InChI is InChI=1S/C16H11NO7/c18-14(9-4-2-1-3-5-9)10-6-7-11(12(8-10)17(23)24)13(15(19)20)16(21)22/h1-8,13H,(H,19,20)(H,21,22). The average molecular weight is 329 g/mol. The fourth-order valence-electron chi connectivity index (χ4n) is 2.22. The van der Waals surface area contributed by atoms with Crippen LogP contribution in [0.1, 0.15) is 27.4 Å². The van der Waals surface area contributed by atoms with Crippen molar-refractivity contribution in [3.05, 3.63) is 75.3 Å². The van der Waals surface area contributed by atoms with Crippen molar-refractivity contribution in [1.29, 1.82) is 0 Å². The summed E-state index contributed by atoms with van der Waals surface area (Å²) in [5, 5.41) is 29.2. The summed E-state index contributed by atoms with van der Waals surface area (Å²) in [5.41, 5.74) is -0.963. The molecule has 8 nitrogen and oxygen atoms in total. The molecule has 122 valence electrons. The Balaban J connectivity index is 2.55. The number of carboxylic acid groups (broad SMARTS) is 2. The smallest absolute Gasteiger partial charge is 0.322 e. The molecule has 0 spiro atoms. The molecule has 0 aliphatic carbocycles. The first-order valence-corrected chi connectivity index (χ1v) is 6.66. The molecule has 0 saturated heterocycles. The van der Waals surface area contributed by atoms with Gasteiger partial charge in [-0.15, -0.1) is 0 Å². The number of carbonyl (C=O) groups excluding carboxylic acids is 1. The number of nitrogens with zero attached hydrogens (tertiary/aromatic N) is 1.